The first kappa shape index (κ1) is 20.4. The number of nitrogens with one attached hydrogen (secondary N) is 1. The number of hydrogen-bond donors (Lipinski definition) is 1. The van der Waals surface area contributed by atoms with Crippen molar-refractivity contribution in [2.45, 2.75) is 19.6 Å². The summed E-state index contributed by atoms with van der Waals surface area (Å²) in [6, 6.07) is 15.5. The van der Waals surface area contributed by atoms with Crippen LogP contribution in [0, 0.1) is 6.92 Å². The van der Waals surface area contributed by atoms with Gasteiger partial charge in [0.1, 0.15) is 29.9 Å². The Kier molecular flexibility index (Phi) is 5.46. The van der Waals surface area contributed by atoms with E-state index in [0.29, 0.717) is 28.4 Å². The maximum Gasteiger partial charge on any atom is 0.220 e. The number of nitrogens with zero attached hydrogens (tertiary/aromatic N) is 6. The second kappa shape index (κ2) is 8.57. The molecule has 162 valence electrons. The van der Waals surface area contributed by atoms with E-state index in [4.69, 9.17) is 21.3 Å². The lowest BCUT2D eigenvalue weighted by molar-refractivity contribution is 0.160. The Morgan fingerprint density at radius 3 is 2.56 bits per heavy atom. The van der Waals surface area contributed by atoms with Gasteiger partial charge in [-0.1, -0.05) is 23.7 Å². The van der Waals surface area contributed by atoms with E-state index in [9.17, 15) is 0 Å². The molecule has 0 saturated heterocycles. The van der Waals surface area contributed by atoms with Crippen LogP contribution in [-0.4, -0.2) is 43.2 Å². The smallest absolute Gasteiger partial charge is 0.220 e. The molecule has 1 aliphatic heterocycles. The van der Waals surface area contributed by atoms with Crippen LogP contribution in [0.2, 0.25) is 5.02 Å². The van der Waals surface area contributed by atoms with E-state index in [2.05, 4.69) is 32.3 Å². The van der Waals surface area contributed by atoms with Gasteiger partial charge in [0, 0.05) is 23.7 Å². The highest BCUT2D eigenvalue weighted by molar-refractivity contribution is 6.30. The number of rotatable bonds is 4. The van der Waals surface area contributed by atoms with Gasteiger partial charge in [0.05, 0.1) is 11.9 Å². The molecule has 0 spiro atoms. The zero-order valence-corrected chi connectivity index (χ0v) is 18.5. The number of benzene rings is 1. The van der Waals surface area contributed by atoms with Crippen LogP contribution in [0.1, 0.15) is 23.1 Å². The number of fused-ring (bicyclic) bond motifs is 1. The summed E-state index contributed by atoms with van der Waals surface area (Å²) in [5.41, 5.74) is 2.94. The highest BCUT2D eigenvalue weighted by Crippen LogP contribution is 2.31. The van der Waals surface area contributed by atoms with E-state index in [1.165, 1.54) is 0 Å². The standard InChI is InChI=1S/C23H22ClN7O/c1-15-26-14-31(29-15)19-8-10-21(25-11-19)27-22-9-5-17-12-30(2)13-20(32-23(17)28-22)16-3-6-18(24)7-4-16/h3-11,14,20H,12-13H2,1-2H3,(H,25,27,28). The minimum Gasteiger partial charge on any atom is -0.468 e. The molecular formula is C23H22ClN7O. The summed E-state index contributed by atoms with van der Waals surface area (Å²) in [5.74, 6) is 2.68. The zero-order valence-electron chi connectivity index (χ0n) is 17.7. The number of aryl methyl sites for hydroxylation is 1. The predicted molar refractivity (Wildman–Crippen MR) is 123 cm³/mol. The van der Waals surface area contributed by atoms with Crippen LogP contribution in [0.25, 0.3) is 5.69 Å². The number of likely N-dealkylation sites (N-methyl/N-ethyl adjacent to an activating group) is 1. The van der Waals surface area contributed by atoms with E-state index in [1.54, 1.807) is 17.2 Å². The molecule has 4 aromatic rings. The Hall–Kier alpha value is -3.49. The van der Waals surface area contributed by atoms with Crippen LogP contribution in [0.15, 0.2) is 61.1 Å². The third-order valence-corrected chi connectivity index (χ3v) is 5.48. The van der Waals surface area contributed by atoms with Crippen LogP contribution in [0.4, 0.5) is 11.6 Å². The summed E-state index contributed by atoms with van der Waals surface area (Å²) in [4.78, 5) is 15.6. The number of ether oxygens (including phenoxy) is 1. The summed E-state index contributed by atoms with van der Waals surface area (Å²) in [6.07, 6.45) is 3.27. The van der Waals surface area contributed by atoms with Gasteiger partial charge in [-0.15, -0.1) is 0 Å². The molecule has 0 fully saturated rings. The maximum atomic E-state index is 6.34. The average molecular weight is 448 g/mol. The third kappa shape index (κ3) is 4.42. The molecule has 1 unspecified atom stereocenters. The lowest BCUT2D eigenvalue weighted by Gasteiger charge is -2.20. The second-order valence-corrected chi connectivity index (χ2v) is 8.21. The van der Waals surface area contributed by atoms with Crippen LogP contribution >= 0.6 is 11.6 Å². The van der Waals surface area contributed by atoms with Crippen molar-refractivity contribution in [1.29, 1.82) is 0 Å². The van der Waals surface area contributed by atoms with Crippen molar-refractivity contribution in [3.8, 4) is 11.6 Å². The fourth-order valence-corrected chi connectivity index (χ4v) is 3.75. The van der Waals surface area contributed by atoms with Gasteiger partial charge >= 0.3 is 0 Å². The van der Waals surface area contributed by atoms with E-state index >= 15 is 0 Å². The normalized spacial score (nSPS) is 16.2. The molecule has 1 aromatic carbocycles. The molecule has 0 saturated carbocycles. The average Bonchev–Trinajstić information content (AvgIpc) is 3.14. The van der Waals surface area contributed by atoms with Gasteiger partial charge in [0.25, 0.3) is 0 Å². The molecule has 1 aliphatic rings. The van der Waals surface area contributed by atoms with Gasteiger partial charge in [0.15, 0.2) is 0 Å². The fraction of sp³-hybridized carbons (Fsp3) is 0.217. The van der Waals surface area contributed by atoms with Gasteiger partial charge in [-0.2, -0.15) is 10.1 Å². The molecule has 5 rings (SSSR count). The quantitative estimate of drug-likeness (QED) is 0.498. The maximum absolute atomic E-state index is 6.34. The Bertz CT molecular complexity index is 1220. The van der Waals surface area contributed by atoms with Crippen molar-refractivity contribution in [3.63, 3.8) is 0 Å². The van der Waals surface area contributed by atoms with Crippen molar-refractivity contribution in [3.05, 3.63) is 83.0 Å². The monoisotopic (exact) mass is 447 g/mol. The van der Waals surface area contributed by atoms with Crippen LogP contribution in [0.5, 0.6) is 5.88 Å². The molecule has 8 nitrogen and oxygen atoms in total. The number of halogens is 1. The van der Waals surface area contributed by atoms with Crippen molar-refractivity contribution in [1.82, 2.24) is 29.6 Å². The van der Waals surface area contributed by atoms with Crippen molar-refractivity contribution in [2.24, 2.45) is 0 Å². The highest BCUT2D eigenvalue weighted by atomic mass is 35.5. The number of hydrogen-bond acceptors (Lipinski definition) is 7. The van der Waals surface area contributed by atoms with E-state index < -0.39 is 0 Å². The molecule has 0 radical (unpaired) electrons. The Labute approximate surface area is 190 Å². The predicted octanol–water partition coefficient (Wildman–Crippen LogP) is 4.33. The van der Waals surface area contributed by atoms with Crippen LogP contribution in [-0.2, 0) is 6.54 Å². The second-order valence-electron chi connectivity index (χ2n) is 7.78. The van der Waals surface area contributed by atoms with Gasteiger partial charge in [-0.05, 0) is 55.9 Å². The fourth-order valence-electron chi connectivity index (χ4n) is 3.62. The topological polar surface area (TPSA) is 81.0 Å². The molecule has 3 aromatic heterocycles. The first-order valence-electron chi connectivity index (χ1n) is 10.3. The summed E-state index contributed by atoms with van der Waals surface area (Å²) in [6.45, 7) is 3.36. The minimum atomic E-state index is -0.134. The van der Waals surface area contributed by atoms with Crippen molar-refractivity contribution in [2.75, 3.05) is 18.9 Å². The SMILES string of the molecule is Cc1ncn(-c2ccc(Nc3ccc4c(n3)OC(c3ccc(Cl)cc3)CN(C)C4)nc2)n1. The van der Waals surface area contributed by atoms with Gasteiger partial charge < -0.3 is 10.1 Å². The van der Waals surface area contributed by atoms with Crippen molar-refractivity contribution >= 4 is 23.2 Å². The lowest BCUT2D eigenvalue weighted by atomic mass is 10.1. The number of aromatic nitrogens is 5. The minimum absolute atomic E-state index is 0.134. The Morgan fingerprint density at radius 2 is 1.84 bits per heavy atom. The van der Waals surface area contributed by atoms with Gasteiger partial charge in [-0.25, -0.2) is 14.6 Å². The largest absolute Gasteiger partial charge is 0.468 e. The molecule has 9 heteroatoms. The Balaban J connectivity index is 1.36. The molecule has 0 aliphatic carbocycles. The van der Waals surface area contributed by atoms with Crippen LogP contribution in [0.3, 0.4) is 0 Å². The molecule has 1 atom stereocenters. The van der Waals surface area contributed by atoms with E-state index in [1.807, 2.05) is 55.5 Å². The molecule has 0 amide bonds. The highest BCUT2D eigenvalue weighted by Gasteiger charge is 2.23. The molecule has 4 heterocycles. The van der Waals surface area contributed by atoms with Crippen molar-refractivity contribution < 1.29 is 4.74 Å². The lowest BCUT2D eigenvalue weighted by Crippen LogP contribution is -2.24. The van der Waals surface area contributed by atoms with Gasteiger partial charge in [-0.3, -0.25) is 4.90 Å². The summed E-state index contributed by atoms with van der Waals surface area (Å²) in [5, 5.41) is 8.26. The van der Waals surface area contributed by atoms with E-state index in [0.717, 1.165) is 29.9 Å². The van der Waals surface area contributed by atoms with E-state index in [-0.39, 0.29) is 6.10 Å². The van der Waals surface area contributed by atoms with Gasteiger partial charge in [0.2, 0.25) is 5.88 Å². The van der Waals surface area contributed by atoms with Crippen LogP contribution < -0.4 is 10.1 Å². The summed E-state index contributed by atoms with van der Waals surface area (Å²) in [7, 11) is 2.08. The number of pyridine rings is 2. The number of anilines is 2. The molecule has 32 heavy (non-hydrogen) atoms. The molecular weight excluding hydrogens is 426 g/mol. The summed E-state index contributed by atoms with van der Waals surface area (Å²) < 4.78 is 8.02. The summed E-state index contributed by atoms with van der Waals surface area (Å²) >= 11 is 6.05. The first-order valence-corrected chi connectivity index (χ1v) is 10.6. The zero-order chi connectivity index (χ0) is 22.1. The molecule has 1 N–H and O–H groups in total. The third-order valence-electron chi connectivity index (χ3n) is 5.23. The Morgan fingerprint density at radius 1 is 1.03 bits per heavy atom. The first-order chi connectivity index (χ1) is 15.5. The molecule has 0 bridgehead atoms.